The molecule has 18 heavy (non-hydrogen) atoms. The number of nitrogens with two attached hydrogens (primary N) is 1. The predicted molar refractivity (Wildman–Crippen MR) is 73.6 cm³/mol. The zero-order valence-electron chi connectivity index (χ0n) is 11.4. The predicted octanol–water partition coefficient (Wildman–Crippen LogP) is 2.53. The van der Waals surface area contributed by atoms with E-state index in [-0.39, 0.29) is 6.54 Å². The number of aryl methyl sites for hydroxylation is 2. The summed E-state index contributed by atoms with van der Waals surface area (Å²) in [5.41, 5.74) is 9.27. The first-order valence-electron chi connectivity index (χ1n) is 6.42. The van der Waals surface area contributed by atoms with Crippen molar-refractivity contribution in [2.24, 2.45) is 17.6 Å². The minimum Gasteiger partial charge on any atom is -0.481 e. The van der Waals surface area contributed by atoms with Crippen LogP contribution in [-0.2, 0) is 11.2 Å². The van der Waals surface area contributed by atoms with Gasteiger partial charge in [-0.05, 0) is 38.2 Å². The number of hydrogen-bond acceptors (Lipinski definition) is 2. The van der Waals surface area contributed by atoms with Crippen LogP contribution in [0.4, 0.5) is 0 Å². The Balaban J connectivity index is 2.63. The molecule has 0 heterocycles. The van der Waals surface area contributed by atoms with Crippen molar-refractivity contribution in [3.05, 3.63) is 34.9 Å². The van der Waals surface area contributed by atoms with Crippen LogP contribution in [0.2, 0.25) is 0 Å². The third-order valence-electron chi connectivity index (χ3n) is 3.19. The summed E-state index contributed by atoms with van der Waals surface area (Å²) in [6.45, 7) is 6.47. The molecule has 0 bridgehead atoms. The minimum absolute atomic E-state index is 0.215. The average Bonchev–Trinajstić information content (AvgIpc) is 2.23. The Labute approximate surface area is 109 Å². The van der Waals surface area contributed by atoms with E-state index >= 15 is 0 Å². The van der Waals surface area contributed by atoms with Gasteiger partial charge in [-0.3, -0.25) is 4.79 Å². The fraction of sp³-hybridized carbons (Fsp3) is 0.533. The van der Waals surface area contributed by atoms with E-state index in [0.717, 1.165) is 6.42 Å². The molecule has 0 fully saturated rings. The molecular formula is C15H23NO2. The van der Waals surface area contributed by atoms with Crippen molar-refractivity contribution < 1.29 is 9.90 Å². The van der Waals surface area contributed by atoms with Crippen LogP contribution in [0, 0.1) is 25.7 Å². The normalized spacial score (nSPS) is 14.2. The van der Waals surface area contributed by atoms with Gasteiger partial charge < -0.3 is 10.8 Å². The first kappa shape index (κ1) is 14.7. The monoisotopic (exact) mass is 249 g/mol. The molecule has 0 aromatic heterocycles. The van der Waals surface area contributed by atoms with Gasteiger partial charge in [0.05, 0.1) is 5.92 Å². The van der Waals surface area contributed by atoms with Crippen LogP contribution < -0.4 is 5.73 Å². The molecule has 1 aromatic rings. The maximum Gasteiger partial charge on any atom is 0.307 e. The molecule has 100 valence electrons. The Kier molecular flexibility index (Phi) is 5.35. The fourth-order valence-electron chi connectivity index (χ4n) is 2.46. The molecule has 0 saturated carbocycles. The number of rotatable bonds is 6. The second-order valence-electron chi connectivity index (χ2n) is 5.31. The van der Waals surface area contributed by atoms with Crippen molar-refractivity contribution >= 4 is 5.97 Å². The highest BCUT2D eigenvalue weighted by molar-refractivity contribution is 5.70. The Morgan fingerprint density at radius 1 is 1.28 bits per heavy atom. The lowest BCUT2D eigenvalue weighted by molar-refractivity contribution is -0.141. The highest BCUT2D eigenvalue weighted by Gasteiger charge is 2.18. The lowest BCUT2D eigenvalue weighted by atomic mass is 9.90. The highest BCUT2D eigenvalue weighted by Crippen LogP contribution is 2.19. The molecule has 2 atom stereocenters. The maximum absolute atomic E-state index is 10.9. The molecule has 0 aliphatic heterocycles. The number of aliphatic carboxylic acids is 1. The molecule has 0 radical (unpaired) electrons. The van der Waals surface area contributed by atoms with Gasteiger partial charge in [-0.15, -0.1) is 0 Å². The molecule has 3 N–H and O–H groups in total. The highest BCUT2D eigenvalue weighted by atomic mass is 16.4. The third-order valence-corrected chi connectivity index (χ3v) is 3.19. The van der Waals surface area contributed by atoms with E-state index in [1.54, 1.807) is 0 Å². The van der Waals surface area contributed by atoms with Gasteiger partial charge in [0.1, 0.15) is 0 Å². The number of benzene rings is 1. The van der Waals surface area contributed by atoms with Crippen LogP contribution in [0.15, 0.2) is 18.2 Å². The molecule has 1 aromatic carbocycles. The van der Waals surface area contributed by atoms with Gasteiger partial charge in [-0.1, -0.05) is 36.2 Å². The van der Waals surface area contributed by atoms with Crippen LogP contribution in [0.25, 0.3) is 0 Å². The van der Waals surface area contributed by atoms with Crippen LogP contribution in [0.1, 0.15) is 30.0 Å². The largest absolute Gasteiger partial charge is 0.481 e. The molecule has 0 aliphatic rings. The molecule has 1 rings (SSSR count). The Hall–Kier alpha value is -1.35. The number of hydrogen-bond donors (Lipinski definition) is 2. The lowest BCUT2D eigenvalue weighted by Crippen LogP contribution is -2.25. The third kappa shape index (κ3) is 4.49. The SMILES string of the molecule is Cc1cc(C)cc(CC(C)CC(CN)C(=O)O)c1. The van der Waals surface area contributed by atoms with Gasteiger partial charge in [-0.25, -0.2) is 0 Å². The van der Waals surface area contributed by atoms with E-state index in [2.05, 4.69) is 39.0 Å². The van der Waals surface area contributed by atoms with Gasteiger partial charge in [-0.2, -0.15) is 0 Å². The summed E-state index contributed by atoms with van der Waals surface area (Å²) < 4.78 is 0. The molecule has 0 spiro atoms. The van der Waals surface area contributed by atoms with E-state index in [1.807, 2.05) is 0 Å². The van der Waals surface area contributed by atoms with E-state index in [0.29, 0.717) is 12.3 Å². The van der Waals surface area contributed by atoms with Crippen LogP contribution in [-0.4, -0.2) is 17.6 Å². The van der Waals surface area contributed by atoms with Crippen molar-refractivity contribution in [1.29, 1.82) is 0 Å². The smallest absolute Gasteiger partial charge is 0.307 e. The molecule has 0 amide bonds. The zero-order chi connectivity index (χ0) is 13.7. The van der Waals surface area contributed by atoms with Crippen LogP contribution >= 0.6 is 0 Å². The molecule has 3 nitrogen and oxygen atoms in total. The van der Waals surface area contributed by atoms with E-state index in [9.17, 15) is 4.79 Å². The van der Waals surface area contributed by atoms with Crippen LogP contribution in [0.3, 0.4) is 0 Å². The lowest BCUT2D eigenvalue weighted by Gasteiger charge is -2.16. The minimum atomic E-state index is -0.787. The summed E-state index contributed by atoms with van der Waals surface area (Å²) in [5, 5.41) is 9.00. The van der Waals surface area contributed by atoms with E-state index in [1.165, 1.54) is 16.7 Å². The Bertz CT molecular complexity index is 395. The molecule has 0 aliphatic carbocycles. The van der Waals surface area contributed by atoms with Crippen molar-refractivity contribution in [3.63, 3.8) is 0 Å². The number of carbonyl (C=O) groups is 1. The standard InChI is InChI=1S/C15H23NO2/c1-10-4-11(2)6-13(5-10)7-12(3)8-14(9-16)15(17)18/h4-6,12,14H,7-9,16H2,1-3H3,(H,17,18). The first-order chi connectivity index (χ1) is 8.42. The zero-order valence-corrected chi connectivity index (χ0v) is 11.4. The molecular weight excluding hydrogens is 226 g/mol. The second-order valence-corrected chi connectivity index (χ2v) is 5.31. The van der Waals surface area contributed by atoms with Gasteiger partial charge in [0.2, 0.25) is 0 Å². The topological polar surface area (TPSA) is 63.3 Å². The summed E-state index contributed by atoms with van der Waals surface area (Å²) >= 11 is 0. The number of carboxylic acids is 1. The van der Waals surface area contributed by atoms with Crippen molar-refractivity contribution in [2.45, 2.75) is 33.6 Å². The molecule has 0 saturated heterocycles. The van der Waals surface area contributed by atoms with Gasteiger partial charge >= 0.3 is 5.97 Å². The quantitative estimate of drug-likeness (QED) is 0.814. The molecule has 3 heteroatoms. The first-order valence-corrected chi connectivity index (χ1v) is 6.42. The second kappa shape index (κ2) is 6.55. The number of carboxylic acid groups (broad SMARTS) is 1. The van der Waals surface area contributed by atoms with Gasteiger partial charge in [0.25, 0.3) is 0 Å². The van der Waals surface area contributed by atoms with E-state index < -0.39 is 11.9 Å². The van der Waals surface area contributed by atoms with Gasteiger partial charge in [0.15, 0.2) is 0 Å². The fourth-order valence-corrected chi connectivity index (χ4v) is 2.46. The summed E-state index contributed by atoms with van der Waals surface area (Å²) in [5.74, 6) is -0.883. The van der Waals surface area contributed by atoms with Crippen molar-refractivity contribution in [2.75, 3.05) is 6.54 Å². The van der Waals surface area contributed by atoms with Crippen molar-refractivity contribution in [3.8, 4) is 0 Å². The molecule has 2 unspecified atom stereocenters. The van der Waals surface area contributed by atoms with Crippen molar-refractivity contribution in [1.82, 2.24) is 0 Å². The summed E-state index contributed by atoms with van der Waals surface area (Å²) in [6, 6.07) is 6.48. The average molecular weight is 249 g/mol. The van der Waals surface area contributed by atoms with E-state index in [4.69, 9.17) is 10.8 Å². The summed E-state index contributed by atoms with van der Waals surface area (Å²) in [6.07, 6.45) is 1.55. The maximum atomic E-state index is 10.9. The summed E-state index contributed by atoms with van der Waals surface area (Å²) in [4.78, 5) is 10.9. The Morgan fingerprint density at radius 3 is 2.28 bits per heavy atom. The van der Waals surface area contributed by atoms with Crippen LogP contribution in [0.5, 0.6) is 0 Å². The summed E-state index contributed by atoms with van der Waals surface area (Å²) in [7, 11) is 0. The van der Waals surface area contributed by atoms with Gasteiger partial charge in [0, 0.05) is 6.54 Å². The Morgan fingerprint density at radius 2 is 1.83 bits per heavy atom.